The Kier molecular flexibility index (Phi) is 6.87. The predicted octanol–water partition coefficient (Wildman–Crippen LogP) is 5.96. The Morgan fingerprint density at radius 1 is 0.949 bits per heavy atom. The lowest BCUT2D eigenvalue weighted by Crippen LogP contribution is -2.42. The summed E-state index contributed by atoms with van der Waals surface area (Å²) in [7, 11) is 0. The van der Waals surface area contributed by atoms with E-state index in [0.29, 0.717) is 11.1 Å². The normalized spacial score (nSPS) is 13.4. The van der Waals surface area contributed by atoms with Crippen molar-refractivity contribution in [1.82, 2.24) is 9.88 Å². The van der Waals surface area contributed by atoms with E-state index in [1.807, 2.05) is 48.5 Å². The van der Waals surface area contributed by atoms with Crippen molar-refractivity contribution in [2.75, 3.05) is 6.61 Å². The van der Waals surface area contributed by atoms with Crippen LogP contribution in [0.3, 0.4) is 0 Å². The van der Waals surface area contributed by atoms with E-state index in [1.54, 1.807) is 51.2 Å². The number of carbonyl (C=O) groups is 3. The highest BCUT2D eigenvalue weighted by molar-refractivity contribution is 5.90. The van der Waals surface area contributed by atoms with Crippen molar-refractivity contribution in [3.05, 3.63) is 95.7 Å². The summed E-state index contributed by atoms with van der Waals surface area (Å²) in [6, 6.07) is 21.9. The number of carbonyl (C=O) groups excluding carboxylic acids is 2. The topological polar surface area (TPSA) is 107 Å². The quantitative estimate of drug-likeness (QED) is 0.321. The molecule has 2 N–H and O–H groups in total. The lowest BCUT2D eigenvalue weighted by Gasteiger charge is -2.20. The molecule has 0 spiro atoms. The molecule has 8 heteroatoms. The second kappa shape index (κ2) is 10.3. The number of alkyl carbamates (subject to hydrolysis) is 1. The first-order chi connectivity index (χ1) is 18.6. The van der Waals surface area contributed by atoms with Crippen molar-refractivity contribution in [2.45, 2.75) is 44.8 Å². The summed E-state index contributed by atoms with van der Waals surface area (Å²) in [5, 5.41) is 13.0. The molecule has 4 aromatic rings. The van der Waals surface area contributed by atoms with Crippen LogP contribution in [0.15, 0.2) is 79.0 Å². The maximum atomic E-state index is 12.7. The number of benzene rings is 3. The van der Waals surface area contributed by atoms with Gasteiger partial charge in [0.15, 0.2) is 0 Å². The third-order valence-electron chi connectivity index (χ3n) is 6.72. The number of hydrogen-bond acceptors (Lipinski definition) is 5. The maximum Gasteiger partial charge on any atom is 0.418 e. The third-order valence-corrected chi connectivity index (χ3v) is 6.72. The Hall–Kier alpha value is -4.59. The van der Waals surface area contributed by atoms with Crippen LogP contribution >= 0.6 is 0 Å². The Labute approximate surface area is 226 Å². The molecule has 1 amide bonds. The highest BCUT2D eigenvalue weighted by Gasteiger charge is 2.30. The average molecular weight is 527 g/mol. The number of carboxylic acid groups (broad SMARTS) is 1. The van der Waals surface area contributed by atoms with Crippen molar-refractivity contribution in [3.63, 3.8) is 0 Å². The molecule has 1 aromatic heterocycles. The van der Waals surface area contributed by atoms with Crippen LogP contribution < -0.4 is 5.32 Å². The monoisotopic (exact) mass is 526 g/mol. The molecule has 200 valence electrons. The van der Waals surface area contributed by atoms with Crippen LogP contribution in [0.5, 0.6) is 0 Å². The molecular formula is C31H30N2O6. The van der Waals surface area contributed by atoms with Crippen LogP contribution in [0.4, 0.5) is 9.59 Å². The average Bonchev–Trinajstić information content (AvgIpc) is 3.45. The molecule has 1 atom stereocenters. The SMILES string of the molecule is CC(C)(C)OC(=O)n1ccc2cc(C[C@@H](NC(=O)OCC3c4ccccc4-c4ccccc43)C(=O)O)ccc21. The van der Waals surface area contributed by atoms with Crippen LogP contribution in [0, 0.1) is 0 Å². The zero-order valence-electron chi connectivity index (χ0n) is 22.0. The smallest absolute Gasteiger partial charge is 0.418 e. The van der Waals surface area contributed by atoms with Gasteiger partial charge in [-0.2, -0.15) is 0 Å². The number of nitrogens with one attached hydrogen (secondary N) is 1. The largest absolute Gasteiger partial charge is 0.480 e. The number of hydrogen-bond donors (Lipinski definition) is 2. The second-order valence-electron chi connectivity index (χ2n) is 10.6. The first-order valence-electron chi connectivity index (χ1n) is 12.8. The van der Waals surface area contributed by atoms with Gasteiger partial charge in [-0.25, -0.2) is 14.4 Å². The highest BCUT2D eigenvalue weighted by Crippen LogP contribution is 2.44. The maximum absolute atomic E-state index is 12.7. The lowest BCUT2D eigenvalue weighted by molar-refractivity contribution is -0.139. The van der Waals surface area contributed by atoms with Gasteiger partial charge >= 0.3 is 18.2 Å². The minimum Gasteiger partial charge on any atom is -0.480 e. The van der Waals surface area contributed by atoms with Gasteiger partial charge in [-0.05, 0) is 66.8 Å². The zero-order valence-corrected chi connectivity index (χ0v) is 22.0. The predicted molar refractivity (Wildman–Crippen MR) is 147 cm³/mol. The Morgan fingerprint density at radius 2 is 1.59 bits per heavy atom. The first kappa shape index (κ1) is 26.0. The van der Waals surface area contributed by atoms with E-state index in [9.17, 15) is 19.5 Å². The van der Waals surface area contributed by atoms with Crippen LogP contribution in [-0.4, -0.2) is 46.1 Å². The molecule has 5 rings (SSSR count). The summed E-state index contributed by atoms with van der Waals surface area (Å²) in [6.07, 6.45) is 0.381. The molecule has 0 saturated carbocycles. The molecule has 1 heterocycles. The Morgan fingerprint density at radius 3 is 2.21 bits per heavy atom. The van der Waals surface area contributed by atoms with E-state index in [0.717, 1.165) is 27.6 Å². The molecular weight excluding hydrogens is 496 g/mol. The van der Waals surface area contributed by atoms with Crippen LogP contribution in [0.1, 0.15) is 43.4 Å². The van der Waals surface area contributed by atoms with Gasteiger partial charge in [0.1, 0.15) is 18.2 Å². The van der Waals surface area contributed by atoms with Gasteiger partial charge in [-0.1, -0.05) is 54.6 Å². The molecule has 0 unspecified atom stereocenters. The molecule has 0 saturated heterocycles. The molecule has 0 fully saturated rings. The van der Waals surface area contributed by atoms with Gasteiger partial charge in [0, 0.05) is 23.9 Å². The molecule has 3 aromatic carbocycles. The Balaban J connectivity index is 1.25. The first-order valence-corrected chi connectivity index (χ1v) is 12.8. The summed E-state index contributed by atoms with van der Waals surface area (Å²) in [5.74, 6) is -1.29. The Bertz CT molecular complexity index is 1520. The van der Waals surface area contributed by atoms with Gasteiger partial charge in [0.2, 0.25) is 0 Å². The number of aromatic nitrogens is 1. The van der Waals surface area contributed by atoms with E-state index in [4.69, 9.17) is 9.47 Å². The standard InChI is InChI=1S/C31H30N2O6/c1-31(2,3)39-30(37)33-15-14-20-16-19(12-13-27(20)33)17-26(28(34)35)32-29(36)38-18-25-23-10-6-4-8-21(23)22-9-5-7-11-24(22)25/h4-16,25-26H,17-18H2,1-3H3,(H,32,36)(H,34,35)/t26-/m1/s1. The molecule has 1 aliphatic carbocycles. The fourth-order valence-corrected chi connectivity index (χ4v) is 5.01. The minimum atomic E-state index is -1.19. The third kappa shape index (κ3) is 5.50. The second-order valence-corrected chi connectivity index (χ2v) is 10.6. The molecule has 8 nitrogen and oxygen atoms in total. The summed E-state index contributed by atoms with van der Waals surface area (Å²) >= 11 is 0. The van der Waals surface area contributed by atoms with Crippen molar-refractivity contribution < 1.29 is 29.0 Å². The summed E-state index contributed by atoms with van der Waals surface area (Å²) in [6.45, 7) is 5.48. The summed E-state index contributed by atoms with van der Waals surface area (Å²) in [4.78, 5) is 37.2. The van der Waals surface area contributed by atoms with E-state index < -0.39 is 29.8 Å². The highest BCUT2D eigenvalue weighted by atomic mass is 16.6. The van der Waals surface area contributed by atoms with Crippen LogP contribution in [0.25, 0.3) is 22.0 Å². The van der Waals surface area contributed by atoms with Crippen molar-refractivity contribution in [2.24, 2.45) is 0 Å². The molecule has 0 bridgehead atoms. The fraction of sp³-hybridized carbons (Fsp3) is 0.258. The van der Waals surface area contributed by atoms with E-state index in [2.05, 4.69) is 5.32 Å². The van der Waals surface area contributed by atoms with Crippen LogP contribution in [-0.2, 0) is 20.7 Å². The van der Waals surface area contributed by atoms with Gasteiger partial charge in [-0.3, -0.25) is 4.57 Å². The van der Waals surface area contributed by atoms with Crippen molar-refractivity contribution >= 4 is 29.1 Å². The molecule has 1 aliphatic rings. The van der Waals surface area contributed by atoms with E-state index >= 15 is 0 Å². The zero-order chi connectivity index (χ0) is 27.7. The number of fused-ring (bicyclic) bond motifs is 4. The lowest BCUT2D eigenvalue weighted by atomic mass is 9.98. The number of amides is 1. The van der Waals surface area contributed by atoms with E-state index in [1.165, 1.54) is 4.57 Å². The number of rotatable bonds is 6. The van der Waals surface area contributed by atoms with Crippen LogP contribution in [0.2, 0.25) is 0 Å². The molecule has 39 heavy (non-hydrogen) atoms. The van der Waals surface area contributed by atoms with Gasteiger partial charge in [0.25, 0.3) is 0 Å². The van der Waals surface area contributed by atoms with Crippen molar-refractivity contribution in [1.29, 1.82) is 0 Å². The minimum absolute atomic E-state index is 0.0487. The molecule has 0 radical (unpaired) electrons. The number of nitrogens with zero attached hydrogens (tertiary/aromatic N) is 1. The number of ether oxygens (including phenoxy) is 2. The summed E-state index contributed by atoms with van der Waals surface area (Å²) in [5.41, 5.74) is 5.08. The number of aliphatic carboxylic acids is 1. The van der Waals surface area contributed by atoms with Gasteiger partial charge < -0.3 is 19.9 Å². The van der Waals surface area contributed by atoms with Gasteiger partial charge in [0.05, 0.1) is 5.52 Å². The van der Waals surface area contributed by atoms with E-state index in [-0.39, 0.29) is 18.9 Å². The van der Waals surface area contributed by atoms with Crippen molar-refractivity contribution in [3.8, 4) is 11.1 Å². The summed E-state index contributed by atoms with van der Waals surface area (Å²) < 4.78 is 12.4. The van der Waals surface area contributed by atoms with Gasteiger partial charge in [-0.15, -0.1) is 0 Å². The fourth-order valence-electron chi connectivity index (χ4n) is 5.01. The number of carboxylic acids is 1. The molecule has 0 aliphatic heterocycles.